The second-order valence-electron chi connectivity index (χ2n) is 6.87. The van der Waals surface area contributed by atoms with Crippen molar-refractivity contribution >= 4 is 17.4 Å². The van der Waals surface area contributed by atoms with E-state index in [1.165, 1.54) is 0 Å². The van der Waals surface area contributed by atoms with E-state index in [4.69, 9.17) is 0 Å². The molecular weight excluding hydrogens is 302 g/mol. The number of hydrogen-bond donors (Lipinski definition) is 1. The smallest absolute Gasteiger partial charge is 0.242 e. The molecule has 0 spiro atoms. The van der Waals surface area contributed by atoms with Crippen molar-refractivity contribution in [1.82, 2.24) is 4.90 Å². The molecule has 1 unspecified atom stereocenters. The molecule has 1 aromatic rings. The van der Waals surface area contributed by atoms with Crippen molar-refractivity contribution in [3.8, 4) is 6.07 Å². The molecule has 2 aliphatic rings. The maximum Gasteiger partial charge on any atom is 0.242 e. The van der Waals surface area contributed by atoms with Gasteiger partial charge >= 0.3 is 0 Å². The highest BCUT2D eigenvalue weighted by molar-refractivity contribution is 6.05. The van der Waals surface area contributed by atoms with Gasteiger partial charge in [0.2, 0.25) is 5.91 Å². The molecule has 126 valence electrons. The Morgan fingerprint density at radius 2 is 2.12 bits per heavy atom. The predicted molar refractivity (Wildman–Crippen MR) is 91.5 cm³/mol. The number of nitrogens with one attached hydrogen (secondary N) is 1. The quantitative estimate of drug-likeness (QED) is 0.861. The van der Waals surface area contributed by atoms with E-state index >= 15 is 0 Å². The fourth-order valence-electron chi connectivity index (χ4n) is 4.09. The van der Waals surface area contributed by atoms with E-state index in [1.54, 1.807) is 24.3 Å². The van der Waals surface area contributed by atoms with Gasteiger partial charge in [-0.3, -0.25) is 9.59 Å². The normalized spacial score (nSPS) is 30.5. The Hall–Kier alpha value is -2.19. The molecule has 1 aromatic carbocycles. The zero-order chi connectivity index (χ0) is 17.2. The van der Waals surface area contributed by atoms with Crippen molar-refractivity contribution in [2.24, 2.45) is 11.3 Å². The van der Waals surface area contributed by atoms with Crippen molar-refractivity contribution < 1.29 is 9.59 Å². The Bertz CT molecular complexity index is 694. The lowest BCUT2D eigenvalue weighted by Crippen LogP contribution is -2.50. The standard InChI is InChI=1S/C19H23N3O2/c1-2-19-9-5-10-22(13-19)11-8-17(23)14-6-3-4-7-16(14)21-18(24)15(19)12-20/h3-4,6-7,15H,2,5,8-11,13H2,1H3,(H,21,24)/t15-,19-/m1/s1. The molecule has 5 heteroatoms. The molecule has 1 saturated heterocycles. The molecule has 1 N–H and O–H groups in total. The summed E-state index contributed by atoms with van der Waals surface area (Å²) in [4.78, 5) is 27.7. The van der Waals surface area contributed by atoms with Gasteiger partial charge in [0.25, 0.3) is 0 Å². The van der Waals surface area contributed by atoms with Crippen LogP contribution in [0.25, 0.3) is 0 Å². The number of nitrogens with zero attached hydrogens (tertiary/aromatic N) is 2. The van der Waals surface area contributed by atoms with Crippen molar-refractivity contribution in [3.63, 3.8) is 0 Å². The van der Waals surface area contributed by atoms with E-state index in [9.17, 15) is 14.9 Å². The van der Waals surface area contributed by atoms with Crippen LogP contribution in [0.1, 0.15) is 43.0 Å². The number of carbonyl (C=O) groups is 2. The van der Waals surface area contributed by atoms with Crippen LogP contribution in [0.4, 0.5) is 5.69 Å². The van der Waals surface area contributed by atoms with E-state index in [1.807, 2.05) is 0 Å². The summed E-state index contributed by atoms with van der Waals surface area (Å²) in [5.41, 5.74) is 0.718. The predicted octanol–water partition coefficient (Wildman–Crippen LogP) is 2.84. The molecule has 2 bridgehead atoms. The largest absolute Gasteiger partial charge is 0.324 e. The number of anilines is 1. The number of hydrogen-bond acceptors (Lipinski definition) is 4. The number of ketones is 1. The van der Waals surface area contributed by atoms with Gasteiger partial charge in [0.1, 0.15) is 5.92 Å². The zero-order valence-corrected chi connectivity index (χ0v) is 14.0. The van der Waals surface area contributed by atoms with E-state index in [2.05, 4.69) is 23.2 Å². The number of amides is 1. The summed E-state index contributed by atoms with van der Waals surface area (Å²) in [6.07, 6.45) is 3.05. The third kappa shape index (κ3) is 2.94. The Labute approximate surface area is 142 Å². The maximum atomic E-state index is 12.8. The summed E-state index contributed by atoms with van der Waals surface area (Å²) in [6.45, 7) is 4.37. The van der Waals surface area contributed by atoms with Gasteiger partial charge in [-0.25, -0.2) is 0 Å². The van der Waals surface area contributed by atoms with Gasteiger partial charge in [0, 0.05) is 30.5 Å². The first-order valence-corrected chi connectivity index (χ1v) is 8.65. The number of fused-ring (bicyclic) bond motifs is 3. The van der Waals surface area contributed by atoms with Crippen molar-refractivity contribution in [2.75, 3.05) is 25.0 Å². The summed E-state index contributed by atoms with van der Waals surface area (Å²) in [5, 5.41) is 12.6. The number of carbonyl (C=O) groups excluding carboxylic acids is 2. The molecule has 1 amide bonds. The lowest BCUT2D eigenvalue weighted by molar-refractivity contribution is -0.123. The van der Waals surface area contributed by atoms with Crippen LogP contribution in [0, 0.1) is 22.7 Å². The average molecular weight is 325 g/mol. The van der Waals surface area contributed by atoms with Gasteiger partial charge in [0.05, 0.1) is 11.8 Å². The third-order valence-electron chi connectivity index (χ3n) is 5.54. The number of nitriles is 1. The first-order chi connectivity index (χ1) is 11.6. The van der Waals surface area contributed by atoms with Gasteiger partial charge in [-0.2, -0.15) is 5.26 Å². The number of Topliss-reactive ketones (excluding diaryl/α,β-unsaturated/α-hetero) is 1. The van der Waals surface area contributed by atoms with E-state index in [0.717, 1.165) is 25.8 Å². The summed E-state index contributed by atoms with van der Waals surface area (Å²) in [7, 11) is 0. The molecule has 0 saturated carbocycles. The van der Waals surface area contributed by atoms with Crippen LogP contribution in [-0.4, -0.2) is 36.2 Å². The monoisotopic (exact) mass is 325 g/mol. The molecule has 3 rings (SSSR count). The first kappa shape index (κ1) is 16.7. The molecule has 3 atom stereocenters. The van der Waals surface area contributed by atoms with Crippen molar-refractivity contribution in [2.45, 2.75) is 32.6 Å². The minimum absolute atomic E-state index is 0.0361. The second-order valence-corrected chi connectivity index (χ2v) is 6.87. The Kier molecular flexibility index (Phi) is 4.68. The second kappa shape index (κ2) is 6.74. The van der Waals surface area contributed by atoms with E-state index in [-0.39, 0.29) is 17.1 Å². The van der Waals surface area contributed by atoms with Gasteiger partial charge < -0.3 is 10.2 Å². The minimum Gasteiger partial charge on any atom is -0.324 e. The number of benzene rings is 1. The van der Waals surface area contributed by atoms with Crippen LogP contribution in [0.15, 0.2) is 24.3 Å². The molecule has 2 aliphatic heterocycles. The van der Waals surface area contributed by atoms with Crippen LogP contribution >= 0.6 is 0 Å². The number of rotatable bonds is 1. The van der Waals surface area contributed by atoms with Gasteiger partial charge in [-0.05, 0) is 37.9 Å². The first-order valence-electron chi connectivity index (χ1n) is 8.65. The minimum atomic E-state index is -0.702. The SMILES string of the molecule is CC[C@]12CCCN(CCC(=O)c3ccccc3NC(=O)[C@H]1C#N)C2. The molecule has 0 aromatic heterocycles. The Morgan fingerprint density at radius 3 is 2.88 bits per heavy atom. The average Bonchev–Trinajstić information content (AvgIpc) is 2.61. The summed E-state index contributed by atoms with van der Waals surface area (Å²) < 4.78 is 0. The van der Waals surface area contributed by atoms with Crippen LogP contribution in [0.5, 0.6) is 0 Å². The Balaban J connectivity index is 2.04. The van der Waals surface area contributed by atoms with Crippen molar-refractivity contribution in [1.29, 1.82) is 5.26 Å². The summed E-state index contributed by atoms with van der Waals surface area (Å²) in [5.74, 6) is -0.955. The molecule has 2 heterocycles. The van der Waals surface area contributed by atoms with Crippen LogP contribution in [-0.2, 0) is 4.79 Å². The van der Waals surface area contributed by atoms with Gasteiger partial charge in [-0.1, -0.05) is 19.1 Å². The number of piperidine rings is 1. The zero-order valence-electron chi connectivity index (χ0n) is 14.0. The lowest BCUT2D eigenvalue weighted by atomic mass is 9.68. The molecular formula is C19H23N3O2. The molecule has 5 nitrogen and oxygen atoms in total. The highest BCUT2D eigenvalue weighted by Gasteiger charge is 2.45. The highest BCUT2D eigenvalue weighted by atomic mass is 16.2. The summed E-state index contributed by atoms with van der Waals surface area (Å²) in [6, 6.07) is 9.34. The molecule has 24 heavy (non-hydrogen) atoms. The highest BCUT2D eigenvalue weighted by Crippen LogP contribution is 2.41. The van der Waals surface area contributed by atoms with Crippen LogP contribution in [0.3, 0.4) is 0 Å². The fraction of sp³-hybridized carbons (Fsp3) is 0.526. The van der Waals surface area contributed by atoms with Gasteiger partial charge in [0.15, 0.2) is 5.78 Å². The van der Waals surface area contributed by atoms with Crippen LogP contribution in [0.2, 0.25) is 0 Å². The van der Waals surface area contributed by atoms with E-state index in [0.29, 0.717) is 30.8 Å². The number of para-hydroxylation sites is 1. The topological polar surface area (TPSA) is 73.2 Å². The Morgan fingerprint density at radius 1 is 1.33 bits per heavy atom. The van der Waals surface area contributed by atoms with Crippen molar-refractivity contribution in [3.05, 3.63) is 29.8 Å². The summed E-state index contributed by atoms with van der Waals surface area (Å²) >= 11 is 0. The lowest BCUT2D eigenvalue weighted by Gasteiger charge is -2.44. The third-order valence-corrected chi connectivity index (χ3v) is 5.54. The maximum absolute atomic E-state index is 12.8. The van der Waals surface area contributed by atoms with Crippen LogP contribution < -0.4 is 5.32 Å². The molecule has 0 aliphatic carbocycles. The molecule has 1 fully saturated rings. The van der Waals surface area contributed by atoms with Gasteiger partial charge in [-0.15, -0.1) is 0 Å². The van der Waals surface area contributed by atoms with E-state index < -0.39 is 5.92 Å². The fourth-order valence-corrected chi connectivity index (χ4v) is 4.09. The molecule has 0 radical (unpaired) electrons.